The first-order valence-corrected chi connectivity index (χ1v) is 9.50. The first kappa shape index (κ1) is 18.8. The number of allylic oxidation sites excluding steroid dienone is 1. The molecule has 2 heterocycles. The zero-order valence-electron chi connectivity index (χ0n) is 14.1. The fourth-order valence-electron chi connectivity index (χ4n) is 2.50. The number of aromatic nitrogens is 4. The first-order valence-electron chi connectivity index (χ1n) is 7.76. The predicted molar refractivity (Wildman–Crippen MR) is 106 cm³/mol. The summed E-state index contributed by atoms with van der Waals surface area (Å²) in [5, 5.41) is 1.89. The third-order valence-corrected chi connectivity index (χ3v) is 5.26. The van der Waals surface area contributed by atoms with Crippen LogP contribution in [0.2, 0.25) is 5.02 Å². The normalized spacial score (nSPS) is 12.1. The molecule has 0 fully saturated rings. The number of nitrogens with zero attached hydrogens (tertiary/aromatic N) is 3. The van der Waals surface area contributed by atoms with Gasteiger partial charge in [-0.25, -0.2) is 9.78 Å². The number of rotatable bonds is 5. The molecule has 0 atom stereocenters. The van der Waals surface area contributed by atoms with Crippen molar-refractivity contribution in [3.05, 3.63) is 66.8 Å². The molecule has 0 aliphatic rings. The van der Waals surface area contributed by atoms with Crippen molar-refractivity contribution in [2.45, 2.75) is 18.6 Å². The number of halogens is 2. The molecule has 0 saturated heterocycles. The van der Waals surface area contributed by atoms with E-state index in [0.717, 1.165) is 5.56 Å². The van der Waals surface area contributed by atoms with Crippen LogP contribution in [0.1, 0.15) is 12.5 Å². The zero-order chi connectivity index (χ0) is 18.8. The van der Waals surface area contributed by atoms with Gasteiger partial charge in [0.15, 0.2) is 16.3 Å². The van der Waals surface area contributed by atoms with Crippen molar-refractivity contribution >= 4 is 46.1 Å². The minimum atomic E-state index is -0.502. The second-order valence-electron chi connectivity index (χ2n) is 5.66. The molecule has 26 heavy (non-hydrogen) atoms. The summed E-state index contributed by atoms with van der Waals surface area (Å²) in [5.41, 5.74) is 0.546. The van der Waals surface area contributed by atoms with E-state index in [1.54, 1.807) is 24.6 Å². The molecule has 0 aliphatic heterocycles. The lowest BCUT2D eigenvalue weighted by atomic mass is 10.2. The van der Waals surface area contributed by atoms with Crippen molar-refractivity contribution in [2.75, 3.05) is 5.75 Å². The standard InChI is InChI=1S/C17H16Cl2N4O2S/c1-10(18)7-8-26-17-20-14-13(15(24)21-16(25)22(14)2)23(17)9-11-5-3-4-6-12(11)19/h3-7H,8-9H2,1-2H3,(H,21,24,25). The van der Waals surface area contributed by atoms with Crippen LogP contribution in [0, 0.1) is 0 Å². The molecule has 6 nitrogen and oxygen atoms in total. The van der Waals surface area contributed by atoms with Gasteiger partial charge >= 0.3 is 5.69 Å². The number of H-pyrrole nitrogens is 1. The maximum Gasteiger partial charge on any atom is 0.329 e. The molecular formula is C17H16Cl2N4O2S. The summed E-state index contributed by atoms with van der Waals surface area (Å²) < 4.78 is 3.10. The van der Waals surface area contributed by atoms with E-state index in [1.807, 2.05) is 24.3 Å². The van der Waals surface area contributed by atoms with Gasteiger partial charge in [-0.1, -0.05) is 59.2 Å². The molecule has 1 N–H and O–H groups in total. The van der Waals surface area contributed by atoms with Crippen molar-refractivity contribution < 1.29 is 0 Å². The van der Waals surface area contributed by atoms with E-state index in [1.165, 1.54) is 16.3 Å². The van der Waals surface area contributed by atoms with Gasteiger partial charge in [-0.3, -0.25) is 14.3 Å². The number of aryl methyl sites for hydroxylation is 1. The Kier molecular flexibility index (Phi) is 5.60. The van der Waals surface area contributed by atoms with E-state index < -0.39 is 11.2 Å². The Bertz CT molecular complexity index is 1110. The Morgan fingerprint density at radius 1 is 1.35 bits per heavy atom. The highest BCUT2D eigenvalue weighted by Crippen LogP contribution is 2.25. The van der Waals surface area contributed by atoms with Gasteiger partial charge in [0.2, 0.25) is 0 Å². The number of benzene rings is 1. The van der Waals surface area contributed by atoms with Gasteiger partial charge in [-0.15, -0.1) is 0 Å². The number of thioether (sulfide) groups is 1. The average molecular weight is 411 g/mol. The Morgan fingerprint density at radius 3 is 2.77 bits per heavy atom. The van der Waals surface area contributed by atoms with E-state index in [2.05, 4.69) is 9.97 Å². The van der Waals surface area contributed by atoms with Gasteiger partial charge in [0, 0.05) is 22.9 Å². The predicted octanol–water partition coefficient (Wildman–Crippen LogP) is 3.36. The molecule has 0 unspecified atom stereocenters. The van der Waals surface area contributed by atoms with Crippen LogP contribution in [-0.4, -0.2) is 24.9 Å². The lowest BCUT2D eigenvalue weighted by molar-refractivity contribution is 0.728. The quantitative estimate of drug-likeness (QED) is 0.654. The molecule has 1 aromatic carbocycles. The summed E-state index contributed by atoms with van der Waals surface area (Å²) in [7, 11) is 1.57. The average Bonchev–Trinajstić information content (AvgIpc) is 2.94. The highest BCUT2D eigenvalue weighted by Gasteiger charge is 2.18. The minimum absolute atomic E-state index is 0.333. The number of fused-ring (bicyclic) bond motifs is 1. The number of hydrogen-bond acceptors (Lipinski definition) is 4. The Balaban J connectivity index is 2.18. The summed E-state index contributed by atoms with van der Waals surface area (Å²) in [6, 6.07) is 7.41. The molecule has 0 amide bonds. The molecule has 0 aliphatic carbocycles. The molecule has 2 aromatic heterocycles. The lowest BCUT2D eigenvalue weighted by Gasteiger charge is -2.09. The lowest BCUT2D eigenvalue weighted by Crippen LogP contribution is -2.29. The van der Waals surface area contributed by atoms with Crippen molar-refractivity contribution in [1.29, 1.82) is 0 Å². The van der Waals surface area contributed by atoms with Gasteiger partial charge in [-0.2, -0.15) is 0 Å². The van der Waals surface area contributed by atoms with E-state index in [9.17, 15) is 9.59 Å². The molecule has 0 radical (unpaired) electrons. The van der Waals surface area contributed by atoms with Crippen molar-refractivity contribution in [2.24, 2.45) is 7.05 Å². The van der Waals surface area contributed by atoms with Crippen LogP contribution < -0.4 is 11.2 Å². The Labute approximate surface area is 163 Å². The molecule has 3 rings (SSSR count). The fourth-order valence-corrected chi connectivity index (χ4v) is 3.81. The van der Waals surface area contributed by atoms with Gasteiger partial charge in [0.05, 0.1) is 6.54 Å². The monoisotopic (exact) mass is 410 g/mol. The summed E-state index contributed by atoms with van der Waals surface area (Å²) in [4.78, 5) is 31.2. The van der Waals surface area contributed by atoms with Crippen LogP contribution in [0.3, 0.4) is 0 Å². The van der Waals surface area contributed by atoms with Crippen molar-refractivity contribution in [3.63, 3.8) is 0 Å². The topological polar surface area (TPSA) is 72.7 Å². The third kappa shape index (κ3) is 3.75. The van der Waals surface area contributed by atoms with Crippen molar-refractivity contribution in [3.8, 4) is 0 Å². The van der Waals surface area contributed by atoms with Crippen LogP contribution in [-0.2, 0) is 13.6 Å². The number of nitrogens with one attached hydrogen (secondary N) is 1. The number of imidazole rings is 1. The second kappa shape index (κ2) is 7.73. The Hall–Kier alpha value is -1.96. The van der Waals surface area contributed by atoms with E-state index in [4.69, 9.17) is 23.2 Å². The zero-order valence-corrected chi connectivity index (χ0v) is 16.5. The van der Waals surface area contributed by atoms with Crippen molar-refractivity contribution in [1.82, 2.24) is 19.1 Å². The van der Waals surface area contributed by atoms with Crippen LogP contribution in [0.4, 0.5) is 0 Å². The Morgan fingerprint density at radius 2 is 2.08 bits per heavy atom. The highest BCUT2D eigenvalue weighted by molar-refractivity contribution is 7.99. The summed E-state index contributed by atoms with van der Waals surface area (Å²) in [6.45, 7) is 2.16. The summed E-state index contributed by atoms with van der Waals surface area (Å²) in [5.74, 6) is 0.590. The van der Waals surface area contributed by atoms with Crippen LogP contribution in [0.25, 0.3) is 11.2 Å². The molecule has 0 saturated carbocycles. The SMILES string of the molecule is CC(Cl)=CCSc1nc2c(c(=O)[nH]c(=O)n2C)n1Cc1ccccc1Cl. The van der Waals surface area contributed by atoms with Gasteiger partial charge in [0.25, 0.3) is 5.56 Å². The summed E-state index contributed by atoms with van der Waals surface area (Å²) >= 11 is 13.6. The maximum absolute atomic E-state index is 12.4. The molecule has 0 spiro atoms. The minimum Gasteiger partial charge on any atom is -0.309 e. The summed E-state index contributed by atoms with van der Waals surface area (Å²) in [6.07, 6.45) is 1.86. The third-order valence-electron chi connectivity index (χ3n) is 3.84. The van der Waals surface area contributed by atoms with Crippen LogP contribution in [0.15, 0.2) is 50.1 Å². The van der Waals surface area contributed by atoms with Gasteiger partial charge < -0.3 is 4.57 Å². The van der Waals surface area contributed by atoms with E-state index in [0.29, 0.717) is 38.7 Å². The molecule has 9 heteroatoms. The van der Waals surface area contributed by atoms with Gasteiger partial charge in [0.1, 0.15) is 0 Å². The molecule has 136 valence electrons. The molecule has 3 aromatic rings. The van der Waals surface area contributed by atoms with E-state index in [-0.39, 0.29) is 0 Å². The maximum atomic E-state index is 12.4. The largest absolute Gasteiger partial charge is 0.329 e. The second-order valence-corrected chi connectivity index (χ2v) is 7.65. The van der Waals surface area contributed by atoms with E-state index >= 15 is 0 Å². The van der Waals surface area contributed by atoms with Crippen LogP contribution in [0.5, 0.6) is 0 Å². The first-order chi connectivity index (χ1) is 12.4. The fraction of sp³-hybridized carbons (Fsp3) is 0.235. The van der Waals surface area contributed by atoms with Crippen LogP contribution >= 0.6 is 35.0 Å². The number of aromatic amines is 1. The van der Waals surface area contributed by atoms with Gasteiger partial charge in [-0.05, 0) is 18.6 Å². The highest BCUT2D eigenvalue weighted by atomic mass is 35.5. The molecule has 0 bridgehead atoms. The molecular weight excluding hydrogens is 395 g/mol. The number of hydrogen-bond donors (Lipinski definition) is 1. The smallest absolute Gasteiger partial charge is 0.309 e.